The Morgan fingerprint density at radius 1 is 0.952 bits per heavy atom. The van der Waals surface area contributed by atoms with Gasteiger partial charge < -0.3 is 9.47 Å². The molecule has 4 heteroatoms. The average molecular weight is 300 g/mol. The quantitative estimate of drug-likeness (QED) is 0.327. The SMILES string of the molecule is CCCCOC(=O)C(CC)(CC)C(=O)OCC(C)CCC. The van der Waals surface area contributed by atoms with E-state index in [2.05, 4.69) is 13.8 Å². The van der Waals surface area contributed by atoms with Crippen molar-refractivity contribution in [3.63, 3.8) is 0 Å². The third-order valence-electron chi connectivity index (χ3n) is 4.00. The van der Waals surface area contributed by atoms with Crippen LogP contribution in [-0.2, 0) is 19.1 Å². The molecule has 0 aromatic carbocycles. The molecule has 0 aliphatic heterocycles. The van der Waals surface area contributed by atoms with Gasteiger partial charge in [0.15, 0.2) is 5.41 Å². The van der Waals surface area contributed by atoms with Gasteiger partial charge in [-0.15, -0.1) is 0 Å². The maximum atomic E-state index is 12.4. The fourth-order valence-corrected chi connectivity index (χ4v) is 2.29. The van der Waals surface area contributed by atoms with Gasteiger partial charge in [0.25, 0.3) is 0 Å². The van der Waals surface area contributed by atoms with E-state index in [1.165, 1.54) is 0 Å². The highest BCUT2D eigenvalue weighted by Crippen LogP contribution is 2.30. The van der Waals surface area contributed by atoms with E-state index in [1.807, 2.05) is 20.8 Å². The normalized spacial score (nSPS) is 12.8. The van der Waals surface area contributed by atoms with Gasteiger partial charge in [-0.3, -0.25) is 9.59 Å². The van der Waals surface area contributed by atoms with Crippen molar-refractivity contribution in [1.82, 2.24) is 0 Å². The number of hydrogen-bond donors (Lipinski definition) is 0. The zero-order valence-electron chi connectivity index (χ0n) is 14.4. The van der Waals surface area contributed by atoms with Crippen molar-refractivity contribution >= 4 is 11.9 Å². The molecule has 0 aromatic heterocycles. The van der Waals surface area contributed by atoms with Crippen molar-refractivity contribution in [1.29, 1.82) is 0 Å². The summed E-state index contributed by atoms with van der Waals surface area (Å²) < 4.78 is 10.7. The number of carbonyl (C=O) groups excluding carboxylic acids is 2. The Hall–Kier alpha value is -1.06. The van der Waals surface area contributed by atoms with Crippen LogP contribution in [0.1, 0.15) is 73.1 Å². The van der Waals surface area contributed by atoms with Crippen LogP contribution in [-0.4, -0.2) is 25.2 Å². The van der Waals surface area contributed by atoms with Gasteiger partial charge in [-0.2, -0.15) is 0 Å². The average Bonchev–Trinajstić information content (AvgIpc) is 2.47. The van der Waals surface area contributed by atoms with Crippen LogP contribution in [0.2, 0.25) is 0 Å². The first-order valence-corrected chi connectivity index (χ1v) is 8.32. The highest BCUT2D eigenvalue weighted by molar-refractivity contribution is 5.99. The zero-order chi connectivity index (χ0) is 16.3. The second kappa shape index (κ2) is 10.6. The van der Waals surface area contributed by atoms with Crippen LogP contribution in [0.4, 0.5) is 0 Å². The lowest BCUT2D eigenvalue weighted by molar-refractivity contribution is -0.174. The smallest absolute Gasteiger partial charge is 0.323 e. The Morgan fingerprint density at radius 3 is 2.00 bits per heavy atom. The molecule has 0 spiro atoms. The summed E-state index contributed by atoms with van der Waals surface area (Å²) in [7, 11) is 0. The first-order valence-electron chi connectivity index (χ1n) is 8.32. The maximum absolute atomic E-state index is 12.4. The molecular formula is C17H32O4. The van der Waals surface area contributed by atoms with Gasteiger partial charge in [0.2, 0.25) is 0 Å². The Kier molecular flexibility index (Phi) is 10.1. The van der Waals surface area contributed by atoms with Crippen LogP contribution in [0.25, 0.3) is 0 Å². The third-order valence-corrected chi connectivity index (χ3v) is 4.00. The molecule has 0 aliphatic carbocycles. The Morgan fingerprint density at radius 2 is 1.52 bits per heavy atom. The summed E-state index contributed by atoms with van der Waals surface area (Å²) in [4.78, 5) is 24.7. The molecule has 0 radical (unpaired) electrons. The highest BCUT2D eigenvalue weighted by atomic mass is 16.6. The summed E-state index contributed by atoms with van der Waals surface area (Å²) in [5.41, 5.74) is -1.14. The Bertz CT molecular complexity index is 308. The van der Waals surface area contributed by atoms with Crippen LogP contribution in [0, 0.1) is 11.3 Å². The summed E-state index contributed by atoms with van der Waals surface area (Å²) in [6.45, 7) is 10.6. The molecule has 0 saturated heterocycles. The summed E-state index contributed by atoms with van der Waals surface area (Å²) in [6, 6.07) is 0. The van der Waals surface area contributed by atoms with E-state index < -0.39 is 17.4 Å². The van der Waals surface area contributed by atoms with Gasteiger partial charge in [-0.1, -0.05) is 47.5 Å². The van der Waals surface area contributed by atoms with E-state index in [1.54, 1.807) is 0 Å². The van der Waals surface area contributed by atoms with Crippen LogP contribution in [0.15, 0.2) is 0 Å². The third kappa shape index (κ3) is 6.06. The lowest BCUT2D eigenvalue weighted by Gasteiger charge is -2.27. The molecular weight excluding hydrogens is 268 g/mol. The number of ether oxygens (including phenoxy) is 2. The van der Waals surface area contributed by atoms with E-state index in [0.29, 0.717) is 32.0 Å². The van der Waals surface area contributed by atoms with Crippen LogP contribution in [0.3, 0.4) is 0 Å². The first-order chi connectivity index (χ1) is 9.98. The van der Waals surface area contributed by atoms with Crippen molar-refractivity contribution in [3.05, 3.63) is 0 Å². The topological polar surface area (TPSA) is 52.6 Å². The number of carbonyl (C=O) groups is 2. The first kappa shape index (κ1) is 19.9. The van der Waals surface area contributed by atoms with Gasteiger partial charge in [0, 0.05) is 0 Å². The van der Waals surface area contributed by atoms with E-state index in [-0.39, 0.29) is 0 Å². The van der Waals surface area contributed by atoms with Gasteiger partial charge in [0.1, 0.15) is 0 Å². The monoisotopic (exact) mass is 300 g/mol. The summed E-state index contributed by atoms with van der Waals surface area (Å²) in [6.07, 6.45) is 4.67. The molecule has 124 valence electrons. The second-order valence-corrected chi connectivity index (χ2v) is 5.77. The van der Waals surface area contributed by atoms with Gasteiger partial charge in [0.05, 0.1) is 13.2 Å². The molecule has 21 heavy (non-hydrogen) atoms. The van der Waals surface area contributed by atoms with Crippen molar-refractivity contribution < 1.29 is 19.1 Å². The fourth-order valence-electron chi connectivity index (χ4n) is 2.29. The van der Waals surface area contributed by atoms with Crippen molar-refractivity contribution in [2.24, 2.45) is 11.3 Å². The highest BCUT2D eigenvalue weighted by Gasteiger charge is 2.45. The summed E-state index contributed by atoms with van der Waals surface area (Å²) in [5, 5.41) is 0. The van der Waals surface area contributed by atoms with Crippen LogP contribution in [0.5, 0.6) is 0 Å². The maximum Gasteiger partial charge on any atom is 0.323 e. The molecule has 0 rings (SSSR count). The molecule has 0 aliphatic rings. The summed E-state index contributed by atoms with van der Waals surface area (Å²) >= 11 is 0. The lowest BCUT2D eigenvalue weighted by atomic mass is 9.82. The Labute approximate surface area is 129 Å². The molecule has 0 aromatic rings. The van der Waals surface area contributed by atoms with E-state index in [4.69, 9.17) is 9.47 Å². The number of unbranched alkanes of at least 4 members (excludes halogenated alkanes) is 1. The molecule has 0 fully saturated rings. The van der Waals surface area contributed by atoms with E-state index in [0.717, 1.165) is 25.7 Å². The largest absolute Gasteiger partial charge is 0.465 e. The fraction of sp³-hybridized carbons (Fsp3) is 0.882. The van der Waals surface area contributed by atoms with Gasteiger partial charge in [-0.05, 0) is 31.6 Å². The van der Waals surface area contributed by atoms with Crippen molar-refractivity contribution in [2.45, 2.75) is 73.1 Å². The molecule has 0 N–H and O–H groups in total. The number of rotatable bonds is 11. The number of esters is 2. The minimum Gasteiger partial charge on any atom is -0.465 e. The molecule has 0 bridgehead atoms. The number of hydrogen-bond acceptors (Lipinski definition) is 4. The van der Waals surface area contributed by atoms with E-state index >= 15 is 0 Å². The minimum atomic E-state index is -1.14. The summed E-state index contributed by atoms with van der Waals surface area (Å²) in [5.74, 6) is -0.549. The molecule has 0 heterocycles. The predicted molar refractivity (Wildman–Crippen MR) is 83.9 cm³/mol. The second-order valence-electron chi connectivity index (χ2n) is 5.77. The molecule has 0 amide bonds. The molecule has 1 unspecified atom stereocenters. The van der Waals surface area contributed by atoms with Gasteiger partial charge in [-0.25, -0.2) is 0 Å². The standard InChI is InChI=1S/C17H32O4/c1-6-10-12-20-15(18)17(8-3,9-4)16(19)21-13-14(5)11-7-2/h14H,6-13H2,1-5H3. The van der Waals surface area contributed by atoms with Gasteiger partial charge >= 0.3 is 11.9 Å². The van der Waals surface area contributed by atoms with Crippen molar-refractivity contribution in [2.75, 3.05) is 13.2 Å². The predicted octanol–water partition coefficient (Wildman–Crippen LogP) is 4.12. The minimum absolute atomic E-state index is 0.321. The van der Waals surface area contributed by atoms with Crippen LogP contribution >= 0.6 is 0 Å². The van der Waals surface area contributed by atoms with E-state index in [9.17, 15) is 9.59 Å². The van der Waals surface area contributed by atoms with Crippen LogP contribution < -0.4 is 0 Å². The lowest BCUT2D eigenvalue weighted by Crippen LogP contribution is -2.41. The molecule has 0 saturated carbocycles. The molecule has 1 atom stereocenters. The zero-order valence-corrected chi connectivity index (χ0v) is 14.4. The Balaban J connectivity index is 4.68. The molecule has 4 nitrogen and oxygen atoms in total. The van der Waals surface area contributed by atoms with Crippen molar-refractivity contribution in [3.8, 4) is 0 Å².